The lowest BCUT2D eigenvalue weighted by Crippen LogP contribution is -2.37. The molecule has 0 saturated carbocycles. The van der Waals surface area contributed by atoms with Crippen LogP contribution >= 0.6 is 0 Å². The van der Waals surface area contributed by atoms with Crippen molar-refractivity contribution < 1.29 is 33.9 Å². The third-order valence-corrected chi connectivity index (χ3v) is 4.77. The standard InChI is InChI=1S/C14H20O7Si/c1-17-9-10-18-14(16)20-21-19-13(15)11-5-7-12(8-6-11)22(2,3)4/h5-8H,9-10H2,1-4H3. The fraction of sp³-hybridized carbons (Fsp3) is 0.429. The van der Waals surface area contributed by atoms with Gasteiger partial charge >= 0.3 is 12.1 Å². The predicted octanol–water partition coefficient (Wildman–Crippen LogP) is 2.03. The van der Waals surface area contributed by atoms with E-state index in [1.807, 2.05) is 12.1 Å². The zero-order valence-corrected chi connectivity index (χ0v) is 14.1. The molecule has 0 unspecified atom stereocenters. The van der Waals surface area contributed by atoms with Crippen molar-refractivity contribution in [2.75, 3.05) is 20.3 Å². The van der Waals surface area contributed by atoms with Gasteiger partial charge in [-0.15, -0.1) is 0 Å². The van der Waals surface area contributed by atoms with Gasteiger partial charge in [-0.05, 0) is 12.1 Å². The Bertz CT molecular complexity index is 493. The lowest BCUT2D eigenvalue weighted by Gasteiger charge is -2.16. The molecule has 8 heteroatoms. The summed E-state index contributed by atoms with van der Waals surface area (Å²) in [6.45, 7) is 6.83. The molecule has 22 heavy (non-hydrogen) atoms. The average Bonchev–Trinajstić information content (AvgIpc) is 2.46. The predicted molar refractivity (Wildman–Crippen MR) is 80.2 cm³/mol. The van der Waals surface area contributed by atoms with Gasteiger partial charge in [0, 0.05) is 7.11 Å². The highest BCUT2D eigenvalue weighted by molar-refractivity contribution is 6.88. The van der Waals surface area contributed by atoms with Crippen LogP contribution in [0.1, 0.15) is 10.4 Å². The summed E-state index contributed by atoms with van der Waals surface area (Å²) in [6, 6.07) is 7.03. The number of rotatable bonds is 7. The van der Waals surface area contributed by atoms with Crippen molar-refractivity contribution in [2.45, 2.75) is 19.6 Å². The van der Waals surface area contributed by atoms with Crippen LogP contribution in [-0.2, 0) is 24.3 Å². The quantitative estimate of drug-likeness (QED) is 0.249. The smallest absolute Gasteiger partial charge is 0.430 e. The maximum absolute atomic E-state index is 11.7. The fourth-order valence-corrected chi connectivity index (χ4v) is 2.63. The monoisotopic (exact) mass is 328 g/mol. The van der Waals surface area contributed by atoms with Crippen LogP contribution in [0.25, 0.3) is 0 Å². The highest BCUT2D eigenvalue weighted by Gasteiger charge is 2.17. The highest BCUT2D eigenvalue weighted by atomic mass is 28.3. The van der Waals surface area contributed by atoms with E-state index in [9.17, 15) is 9.59 Å². The van der Waals surface area contributed by atoms with Gasteiger partial charge in [0.2, 0.25) is 0 Å². The topological polar surface area (TPSA) is 80.3 Å². The highest BCUT2D eigenvalue weighted by Crippen LogP contribution is 2.06. The maximum Gasteiger partial charge on any atom is 0.543 e. The first kappa shape index (κ1) is 18.1. The van der Waals surface area contributed by atoms with Crippen LogP contribution in [0.15, 0.2) is 24.3 Å². The first-order valence-corrected chi connectivity index (χ1v) is 10.2. The minimum Gasteiger partial charge on any atom is -0.430 e. The van der Waals surface area contributed by atoms with E-state index < -0.39 is 20.2 Å². The Hall–Kier alpha value is -1.90. The second kappa shape index (κ2) is 8.52. The largest absolute Gasteiger partial charge is 0.543 e. The van der Waals surface area contributed by atoms with Crippen LogP contribution in [0.2, 0.25) is 19.6 Å². The summed E-state index contributed by atoms with van der Waals surface area (Å²) in [6.07, 6.45) is -1.13. The van der Waals surface area contributed by atoms with Gasteiger partial charge in [-0.2, -0.15) is 0 Å². The summed E-state index contributed by atoms with van der Waals surface area (Å²) in [7, 11) is 0.0318. The summed E-state index contributed by atoms with van der Waals surface area (Å²) >= 11 is 0. The van der Waals surface area contributed by atoms with E-state index in [2.05, 4.69) is 43.9 Å². The summed E-state index contributed by atoms with van der Waals surface area (Å²) < 4.78 is 9.20. The van der Waals surface area contributed by atoms with E-state index in [0.29, 0.717) is 5.56 Å². The van der Waals surface area contributed by atoms with E-state index in [4.69, 9.17) is 0 Å². The molecule has 0 fully saturated rings. The molecule has 7 nitrogen and oxygen atoms in total. The molecule has 0 heterocycles. The van der Waals surface area contributed by atoms with Crippen molar-refractivity contribution in [3.63, 3.8) is 0 Å². The number of ether oxygens (including phenoxy) is 2. The molecule has 0 saturated heterocycles. The number of hydrogen-bond donors (Lipinski definition) is 0. The van der Waals surface area contributed by atoms with Gasteiger partial charge in [-0.3, -0.25) is 4.89 Å². The van der Waals surface area contributed by atoms with E-state index in [1.165, 1.54) is 12.3 Å². The van der Waals surface area contributed by atoms with Gasteiger partial charge in [0.05, 0.1) is 25.3 Å². The van der Waals surface area contributed by atoms with Crippen molar-refractivity contribution in [2.24, 2.45) is 0 Å². The fourth-order valence-electron chi connectivity index (χ4n) is 1.46. The van der Waals surface area contributed by atoms with Crippen molar-refractivity contribution in [3.8, 4) is 0 Å². The lowest BCUT2D eigenvalue weighted by atomic mass is 10.2. The molecule has 0 atom stereocenters. The van der Waals surface area contributed by atoms with E-state index >= 15 is 0 Å². The molecule has 1 rings (SSSR count). The van der Waals surface area contributed by atoms with Crippen LogP contribution in [-0.4, -0.2) is 40.5 Å². The second-order valence-electron chi connectivity index (χ2n) is 5.44. The first-order valence-electron chi connectivity index (χ1n) is 6.66. The van der Waals surface area contributed by atoms with Crippen molar-refractivity contribution in [3.05, 3.63) is 29.8 Å². The maximum atomic E-state index is 11.7. The Morgan fingerprint density at radius 1 is 1.00 bits per heavy atom. The van der Waals surface area contributed by atoms with E-state index in [1.54, 1.807) is 12.1 Å². The average molecular weight is 328 g/mol. The van der Waals surface area contributed by atoms with E-state index in [0.717, 1.165) is 0 Å². The molecule has 0 aliphatic carbocycles. The Morgan fingerprint density at radius 3 is 2.18 bits per heavy atom. The molecule has 0 N–H and O–H groups in total. The third-order valence-electron chi connectivity index (χ3n) is 2.71. The first-order chi connectivity index (χ1) is 10.3. The molecule has 0 spiro atoms. The van der Waals surface area contributed by atoms with Gasteiger partial charge in [0.15, 0.2) is 0 Å². The molecule has 0 aromatic heterocycles. The summed E-state index contributed by atoms with van der Waals surface area (Å²) in [4.78, 5) is 31.1. The normalized spacial score (nSPS) is 10.9. The molecule has 0 aliphatic rings. The number of carbonyl (C=O) groups is 2. The summed E-state index contributed by atoms with van der Waals surface area (Å²) in [5.41, 5.74) is 0.290. The van der Waals surface area contributed by atoms with Crippen molar-refractivity contribution >= 4 is 25.4 Å². The summed E-state index contributed by atoms with van der Waals surface area (Å²) in [5.74, 6) is -0.771. The number of benzene rings is 1. The molecule has 0 bridgehead atoms. The van der Waals surface area contributed by atoms with Gasteiger partial charge in [0.1, 0.15) is 6.61 Å². The second-order valence-corrected chi connectivity index (χ2v) is 10.5. The molecule has 0 aliphatic heterocycles. The van der Waals surface area contributed by atoms with Crippen LogP contribution in [0, 0.1) is 0 Å². The zero-order chi connectivity index (χ0) is 16.6. The molecule has 1 aromatic rings. The van der Waals surface area contributed by atoms with E-state index in [-0.39, 0.29) is 13.2 Å². The Balaban J connectivity index is 2.38. The minimum absolute atomic E-state index is 0.00476. The van der Waals surface area contributed by atoms with Crippen LogP contribution < -0.4 is 5.19 Å². The molecule has 122 valence electrons. The van der Waals surface area contributed by atoms with Crippen LogP contribution in [0.3, 0.4) is 0 Å². The lowest BCUT2D eigenvalue weighted by molar-refractivity contribution is -0.452. The molecular formula is C14H20O7Si. The van der Waals surface area contributed by atoms with Crippen molar-refractivity contribution in [1.82, 2.24) is 0 Å². The number of hydrogen-bond acceptors (Lipinski definition) is 7. The van der Waals surface area contributed by atoms with Crippen molar-refractivity contribution in [1.29, 1.82) is 0 Å². The molecule has 0 amide bonds. The van der Waals surface area contributed by atoms with Gasteiger partial charge in [-0.25, -0.2) is 14.5 Å². The summed E-state index contributed by atoms with van der Waals surface area (Å²) in [5, 5.41) is 5.29. The number of methoxy groups -OCH3 is 1. The number of carbonyl (C=O) groups excluding carboxylic acids is 2. The van der Waals surface area contributed by atoms with Gasteiger partial charge in [0.25, 0.3) is 0 Å². The van der Waals surface area contributed by atoms with Gasteiger partial charge < -0.3 is 9.47 Å². The van der Waals surface area contributed by atoms with Crippen LogP contribution in [0.4, 0.5) is 4.79 Å². The van der Waals surface area contributed by atoms with Crippen LogP contribution in [0.5, 0.6) is 0 Å². The minimum atomic E-state index is -1.43. The molecular weight excluding hydrogens is 308 g/mol. The Kier molecular flexibility index (Phi) is 7.03. The molecule has 0 radical (unpaired) electrons. The Labute approximate surface area is 129 Å². The Morgan fingerprint density at radius 2 is 1.64 bits per heavy atom. The molecule has 1 aromatic carbocycles. The van der Waals surface area contributed by atoms with Gasteiger partial charge in [-0.1, -0.05) is 37.0 Å². The SMILES string of the molecule is COCCOC(=O)OOOC(=O)c1ccc([Si](C)(C)C)cc1. The zero-order valence-electron chi connectivity index (χ0n) is 13.1. The third kappa shape index (κ3) is 6.25.